The normalized spacial score (nSPS) is 14.3. The van der Waals surface area contributed by atoms with Gasteiger partial charge < -0.3 is 11.5 Å². The van der Waals surface area contributed by atoms with E-state index in [1.807, 2.05) is 42.7 Å². The largest absolute Gasteiger partial charge is 0.383 e. The van der Waals surface area contributed by atoms with Crippen LogP contribution in [-0.4, -0.2) is 48.5 Å². The fraction of sp³-hybridized carbons (Fsp3) is 0.267. The van der Waals surface area contributed by atoms with Gasteiger partial charge in [-0.25, -0.2) is 19.3 Å². The number of aromatic nitrogens is 5. The number of anilines is 1. The lowest BCUT2D eigenvalue weighted by Gasteiger charge is -2.30. The molecule has 4 aromatic heterocycles. The van der Waals surface area contributed by atoms with E-state index in [2.05, 4.69) is 39.1 Å². The van der Waals surface area contributed by atoms with Crippen LogP contribution in [0.5, 0.6) is 0 Å². The average Bonchev–Trinajstić information content (AvgIpc) is 3.35. The van der Waals surface area contributed by atoms with Gasteiger partial charge in [0.2, 0.25) is 0 Å². The molecule has 200 valence electrons. The van der Waals surface area contributed by atoms with Crippen LogP contribution < -0.4 is 11.5 Å². The molecule has 0 amide bonds. The summed E-state index contributed by atoms with van der Waals surface area (Å²) in [6, 6.07) is 19.2. The first-order chi connectivity index (χ1) is 19.0. The Kier molecular flexibility index (Phi) is 7.90. The number of likely N-dealkylation sites (tertiary alicyclic amines) is 1. The lowest BCUT2D eigenvalue weighted by molar-refractivity contribution is 0.205. The number of fused-ring (bicyclic) bond motifs is 1. The van der Waals surface area contributed by atoms with Crippen LogP contribution in [0, 0.1) is 5.82 Å². The molecule has 4 N–H and O–H groups in total. The molecule has 0 spiro atoms. The van der Waals surface area contributed by atoms with Crippen LogP contribution in [-0.2, 0) is 6.54 Å². The summed E-state index contributed by atoms with van der Waals surface area (Å²) in [4.78, 5) is 20.7. The number of hydrogen-bond donors (Lipinski definition) is 2. The van der Waals surface area contributed by atoms with E-state index in [1.54, 1.807) is 12.3 Å². The van der Waals surface area contributed by atoms with Crippen molar-refractivity contribution >= 4 is 17.0 Å². The summed E-state index contributed by atoms with van der Waals surface area (Å²) in [5, 5.41) is 0. The fourth-order valence-electron chi connectivity index (χ4n) is 4.78. The summed E-state index contributed by atoms with van der Waals surface area (Å²) in [5.74, 6) is 0.645. The zero-order valence-electron chi connectivity index (χ0n) is 22.3. The van der Waals surface area contributed by atoms with Crippen molar-refractivity contribution in [2.24, 2.45) is 5.73 Å². The molecule has 5 aromatic rings. The molecule has 8 nitrogen and oxygen atoms in total. The molecule has 0 atom stereocenters. The molecule has 5 heterocycles. The zero-order valence-corrected chi connectivity index (χ0v) is 22.3. The van der Waals surface area contributed by atoms with Crippen molar-refractivity contribution in [3.63, 3.8) is 0 Å². The highest BCUT2D eigenvalue weighted by atomic mass is 19.1. The lowest BCUT2D eigenvalue weighted by atomic mass is 10.1. The van der Waals surface area contributed by atoms with Gasteiger partial charge in [-0.2, -0.15) is 0 Å². The standard InChI is InChI=1S/C28H27FN8.C2H6/c29-19-5-8-23(33-16-19)24-9-10-25-28(34-24)37(27(35-25)22-2-1-13-32-26(22)31)21-6-3-18(4-7-21)17-36-14-11-20(30)12-15-36;1-2/h1-10,13,16,20H,11-12,14-15,17,30H2,(H2,31,32);1-2H3. The van der Waals surface area contributed by atoms with E-state index >= 15 is 0 Å². The Labute approximate surface area is 227 Å². The minimum atomic E-state index is -0.392. The summed E-state index contributed by atoms with van der Waals surface area (Å²) in [5.41, 5.74) is 17.7. The summed E-state index contributed by atoms with van der Waals surface area (Å²) in [6.07, 6.45) is 4.91. The number of nitrogen functional groups attached to an aromatic ring is 1. The number of rotatable bonds is 5. The van der Waals surface area contributed by atoms with Crippen LogP contribution in [0.4, 0.5) is 10.2 Å². The van der Waals surface area contributed by atoms with E-state index in [-0.39, 0.29) is 0 Å². The van der Waals surface area contributed by atoms with Crippen molar-refractivity contribution in [1.29, 1.82) is 0 Å². The third-order valence-electron chi connectivity index (χ3n) is 6.81. The van der Waals surface area contributed by atoms with Crippen molar-refractivity contribution < 1.29 is 4.39 Å². The third-order valence-corrected chi connectivity index (χ3v) is 6.81. The van der Waals surface area contributed by atoms with Crippen molar-refractivity contribution in [1.82, 2.24) is 29.4 Å². The highest BCUT2D eigenvalue weighted by Gasteiger charge is 2.20. The quantitative estimate of drug-likeness (QED) is 0.324. The van der Waals surface area contributed by atoms with Gasteiger partial charge in [0, 0.05) is 24.5 Å². The minimum Gasteiger partial charge on any atom is -0.383 e. The smallest absolute Gasteiger partial charge is 0.165 e. The molecule has 0 aliphatic carbocycles. The lowest BCUT2D eigenvalue weighted by Crippen LogP contribution is -2.39. The van der Waals surface area contributed by atoms with Crippen molar-refractivity contribution in [2.45, 2.75) is 39.3 Å². The highest BCUT2D eigenvalue weighted by Crippen LogP contribution is 2.31. The molecular formula is C30H33FN8. The molecule has 0 radical (unpaired) electrons. The SMILES string of the molecule is CC.Nc1ncccc1-c1nc2ccc(-c3ccc(F)cn3)nc2n1-c1ccc(CN2CCC(N)CC2)cc1. The zero-order chi connectivity index (χ0) is 27.4. The summed E-state index contributed by atoms with van der Waals surface area (Å²) in [7, 11) is 0. The molecule has 1 fully saturated rings. The maximum atomic E-state index is 13.4. The maximum absolute atomic E-state index is 13.4. The van der Waals surface area contributed by atoms with Crippen LogP contribution in [0.1, 0.15) is 32.3 Å². The van der Waals surface area contributed by atoms with Crippen LogP contribution in [0.3, 0.4) is 0 Å². The van der Waals surface area contributed by atoms with Crippen molar-refractivity contribution in [3.05, 3.63) is 84.4 Å². The molecule has 9 heteroatoms. The van der Waals surface area contributed by atoms with E-state index in [0.29, 0.717) is 40.2 Å². The summed E-state index contributed by atoms with van der Waals surface area (Å²) in [6.45, 7) is 6.92. The number of imidazole rings is 1. The van der Waals surface area contributed by atoms with E-state index in [4.69, 9.17) is 21.4 Å². The predicted octanol–water partition coefficient (Wildman–Crippen LogP) is 5.22. The highest BCUT2D eigenvalue weighted by molar-refractivity contribution is 5.84. The van der Waals surface area contributed by atoms with E-state index < -0.39 is 5.82 Å². The second-order valence-corrected chi connectivity index (χ2v) is 9.39. The van der Waals surface area contributed by atoms with Gasteiger partial charge in [-0.3, -0.25) is 14.5 Å². The first kappa shape index (κ1) is 26.4. The summed E-state index contributed by atoms with van der Waals surface area (Å²) < 4.78 is 15.4. The van der Waals surface area contributed by atoms with Crippen LogP contribution in [0.2, 0.25) is 0 Å². The van der Waals surface area contributed by atoms with E-state index in [9.17, 15) is 4.39 Å². The van der Waals surface area contributed by atoms with Crippen LogP contribution in [0.25, 0.3) is 39.6 Å². The Bertz CT molecular complexity index is 1540. The van der Waals surface area contributed by atoms with Crippen LogP contribution >= 0.6 is 0 Å². The molecule has 6 rings (SSSR count). The van der Waals surface area contributed by atoms with Gasteiger partial charge in [-0.05, 0) is 80.0 Å². The van der Waals surface area contributed by atoms with Crippen molar-refractivity contribution in [3.8, 4) is 28.5 Å². The molecule has 0 bridgehead atoms. The van der Waals surface area contributed by atoms with Gasteiger partial charge in [-0.15, -0.1) is 0 Å². The third kappa shape index (κ3) is 5.64. The molecule has 0 saturated carbocycles. The molecule has 1 aromatic carbocycles. The number of nitrogens with zero attached hydrogens (tertiary/aromatic N) is 6. The molecule has 1 aliphatic rings. The van der Waals surface area contributed by atoms with Crippen molar-refractivity contribution in [2.75, 3.05) is 18.8 Å². The Morgan fingerprint density at radius 3 is 2.33 bits per heavy atom. The average molecular weight is 525 g/mol. The predicted molar refractivity (Wildman–Crippen MR) is 154 cm³/mol. The van der Waals surface area contributed by atoms with Gasteiger partial charge in [0.05, 0.1) is 23.1 Å². The second kappa shape index (κ2) is 11.7. The number of hydrogen-bond acceptors (Lipinski definition) is 7. The molecular weight excluding hydrogens is 491 g/mol. The minimum absolute atomic E-state index is 0.314. The van der Waals surface area contributed by atoms with Gasteiger partial charge in [0.25, 0.3) is 0 Å². The first-order valence-corrected chi connectivity index (χ1v) is 13.3. The Hall–Kier alpha value is -4.21. The van der Waals surface area contributed by atoms with Gasteiger partial charge in [0.1, 0.15) is 17.2 Å². The Morgan fingerprint density at radius 1 is 0.897 bits per heavy atom. The van der Waals surface area contributed by atoms with E-state index in [1.165, 1.54) is 17.8 Å². The fourth-order valence-corrected chi connectivity index (χ4v) is 4.78. The van der Waals surface area contributed by atoms with Gasteiger partial charge >= 0.3 is 0 Å². The molecule has 1 aliphatic heterocycles. The molecule has 0 unspecified atom stereocenters. The topological polar surface area (TPSA) is 112 Å². The molecule has 1 saturated heterocycles. The number of benzene rings is 1. The Morgan fingerprint density at radius 2 is 1.64 bits per heavy atom. The van der Waals surface area contributed by atoms with Gasteiger partial charge in [-0.1, -0.05) is 26.0 Å². The second-order valence-electron chi connectivity index (χ2n) is 9.39. The van der Waals surface area contributed by atoms with E-state index in [0.717, 1.165) is 43.7 Å². The number of halogens is 1. The number of piperidine rings is 1. The maximum Gasteiger partial charge on any atom is 0.165 e. The number of pyridine rings is 3. The summed E-state index contributed by atoms with van der Waals surface area (Å²) >= 11 is 0. The first-order valence-electron chi connectivity index (χ1n) is 13.3. The van der Waals surface area contributed by atoms with Crippen LogP contribution in [0.15, 0.2) is 73.1 Å². The van der Waals surface area contributed by atoms with Gasteiger partial charge in [0.15, 0.2) is 11.5 Å². The monoisotopic (exact) mass is 524 g/mol. The Balaban J connectivity index is 0.00000151. The number of nitrogens with two attached hydrogens (primary N) is 2. The molecule has 39 heavy (non-hydrogen) atoms.